The highest BCUT2D eigenvalue weighted by Gasteiger charge is 2.26. The first-order chi connectivity index (χ1) is 12.1. The molecule has 0 aromatic heterocycles. The first kappa shape index (κ1) is 16.5. The predicted molar refractivity (Wildman–Crippen MR) is 92.8 cm³/mol. The van der Waals surface area contributed by atoms with Gasteiger partial charge < -0.3 is 15.4 Å². The molecular weight excluding hydrogens is 322 g/mol. The van der Waals surface area contributed by atoms with Crippen LogP contribution < -0.4 is 20.3 Å². The Kier molecular flexibility index (Phi) is 4.65. The number of nitrogens with zero attached hydrogens (tertiary/aromatic N) is 1. The maximum atomic E-state index is 12.3. The van der Waals surface area contributed by atoms with E-state index < -0.39 is 0 Å². The van der Waals surface area contributed by atoms with E-state index in [1.54, 1.807) is 55.6 Å². The van der Waals surface area contributed by atoms with Gasteiger partial charge in [-0.25, -0.2) is 0 Å². The van der Waals surface area contributed by atoms with E-state index in [9.17, 15) is 14.4 Å². The van der Waals surface area contributed by atoms with Gasteiger partial charge in [-0.15, -0.1) is 0 Å². The molecule has 2 aromatic rings. The van der Waals surface area contributed by atoms with Crippen molar-refractivity contribution in [2.24, 2.45) is 0 Å². The molecule has 0 saturated heterocycles. The molecule has 2 N–H and O–H groups in total. The molecule has 0 radical (unpaired) electrons. The van der Waals surface area contributed by atoms with E-state index in [-0.39, 0.29) is 30.9 Å². The van der Waals surface area contributed by atoms with Crippen LogP contribution in [0.4, 0.5) is 11.4 Å². The molecule has 7 heteroatoms. The Hall–Kier alpha value is -3.35. The molecule has 7 nitrogen and oxygen atoms in total. The summed E-state index contributed by atoms with van der Waals surface area (Å²) < 4.78 is 5.35. The van der Waals surface area contributed by atoms with Crippen LogP contribution in [0.1, 0.15) is 10.4 Å². The van der Waals surface area contributed by atoms with Gasteiger partial charge in [-0.05, 0) is 36.4 Å². The minimum atomic E-state index is -0.335. The van der Waals surface area contributed by atoms with Crippen molar-refractivity contribution in [2.45, 2.75) is 0 Å². The highest BCUT2D eigenvalue weighted by atomic mass is 16.5. The molecule has 0 atom stereocenters. The number of benzene rings is 2. The third kappa shape index (κ3) is 3.60. The summed E-state index contributed by atoms with van der Waals surface area (Å²) in [6, 6.07) is 13.6. The third-order valence-corrected chi connectivity index (χ3v) is 3.77. The lowest BCUT2D eigenvalue weighted by Crippen LogP contribution is -2.43. The average Bonchev–Trinajstić information content (AvgIpc) is 2.64. The Morgan fingerprint density at radius 2 is 1.84 bits per heavy atom. The molecule has 3 amide bonds. The number of para-hydroxylation sites is 2. The maximum Gasteiger partial charge on any atom is 0.265 e. The van der Waals surface area contributed by atoms with Crippen LogP contribution in [0, 0.1) is 0 Å². The van der Waals surface area contributed by atoms with Gasteiger partial charge in [-0.1, -0.05) is 12.1 Å². The number of amides is 3. The summed E-state index contributed by atoms with van der Waals surface area (Å²) in [5.41, 5.74) is 1.62. The van der Waals surface area contributed by atoms with Crippen molar-refractivity contribution in [3.63, 3.8) is 0 Å². The van der Waals surface area contributed by atoms with Crippen LogP contribution in [0.5, 0.6) is 5.75 Å². The maximum absolute atomic E-state index is 12.3. The Balaban J connectivity index is 1.68. The molecule has 0 saturated carbocycles. The van der Waals surface area contributed by atoms with Gasteiger partial charge in [-0.2, -0.15) is 0 Å². The van der Waals surface area contributed by atoms with Gasteiger partial charge in [0.15, 0.2) is 6.61 Å². The Labute approximate surface area is 144 Å². The first-order valence-electron chi connectivity index (χ1n) is 7.72. The van der Waals surface area contributed by atoms with Crippen LogP contribution in [0.3, 0.4) is 0 Å². The topological polar surface area (TPSA) is 87.7 Å². The van der Waals surface area contributed by atoms with Gasteiger partial charge in [-0.3, -0.25) is 19.3 Å². The molecular formula is C18H17N3O4. The summed E-state index contributed by atoms with van der Waals surface area (Å²) in [4.78, 5) is 37.3. The minimum absolute atomic E-state index is 0.0921. The zero-order valence-electron chi connectivity index (χ0n) is 13.6. The molecule has 0 spiro atoms. The van der Waals surface area contributed by atoms with Crippen molar-refractivity contribution in [1.29, 1.82) is 0 Å². The zero-order chi connectivity index (χ0) is 17.8. The molecule has 2 aromatic carbocycles. The number of hydrogen-bond donors (Lipinski definition) is 2. The second-order valence-electron chi connectivity index (χ2n) is 5.44. The minimum Gasteiger partial charge on any atom is -0.482 e. The Bertz CT molecular complexity index is 817. The molecule has 1 aliphatic rings. The molecule has 0 unspecified atom stereocenters. The van der Waals surface area contributed by atoms with E-state index in [1.807, 2.05) is 0 Å². The fourth-order valence-electron chi connectivity index (χ4n) is 2.52. The molecule has 1 heterocycles. The summed E-state index contributed by atoms with van der Waals surface area (Å²) in [5.74, 6) is -0.236. The van der Waals surface area contributed by atoms with Crippen molar-refractivity contribution in [2.75, 3.05) is 30.4 Å². The fraction of sp³-hybridized carbons (Fsp3) is 0.167. The lowest BCUT2D eigenvalue weighted by atomic mass is 10.2. The fourth-order valence-corrected chi connectivity index (χ4v) is 2.52. The number of anilines is 2. The van der Waals surface area contributed by atoms with E-state index in [2.05, 4.69) is 10.6 Å². The van der Waals surface area contributed by atoms with Crippen LogP contribution in [-0.2, 0) is 9.59 Å². The third-order valence-electron chi connectivity index (χ3n) is 3.77. The van der Waals surface area contributed by atoms with Gasteiger partial charge in [0.05, 0.1) is 5.69 Å². The number of hydrogen-bond acceptors (Lipinski definition) is 4. The zero-order valence-corrected chi connectivity index (χ0v) is 13.6. The van der Waals surface area contributed by atoms with Gasteiger partial charge in [0.1, 0.15) is 12.3 Å². The van der Waals surface area contributed by atoms with E-state index >= 15 is 0 Å². The Morgan fingerprint density at radius 1 is 1.12 bits per heavy atom. The molecule has 1 aliphatic heterocycles. The quantitative estimate of drug-likeness (QED) is 0.882. The lowest BCUT2D eigenvalue weighted by Gasteiger charge is -2.28. The standard InChI is InChI=1S/C18H17N3O4/c1-19-18(24)12-6-8-13(9-7-12)20-16(22)10-21-14-4-2-3-5-15(14)25-11-17(21)23/h2-9H,10-11H2,1H3,(H,19,24)(H,20,22). The summed E-state index contributed by atoms with van der Waals surface area (Å²) in [6.45, 7) is -0.207. The number of fused-ring (bicyclic) bond motifs is 1. The van der Waals surface area contributed by atoms with Crippen molar-refractivity contribution in [3.8, 4) is 5.75 Å². The van der Waals surface area contributed by atoms with Crippen LogP contribution in [0.2, 0.25) is 0 Å². The first-order valence-corrected chi connectivity index (χ1v) is 7.72. The number of ether oxygens (including phenoxy) is 1. The predicted octanol–water partition coefficient (Wildman–Crippen LogP) is 1.41. The highest BCUT2D eigenvalue weighted by molar-refractivity contribution is 6.05. The van der Waals surface area contributed by atoms with Gasteiger partial charge >= 0.3 is 0 Å². The van der Waals surface area contributed by atoms with Crippen LogP contribution in [0.25, 0.3) is 0 Å². The average molecular weight is 339 g/mol. The van der Waals surface area contributed by atoms with E-state index in [1.165, 1.54) is 4.90 Å². The van der Waals surface area contributed by atoms with Crippen molar-refractivity contribution in [3.05, 3.63) is 54.1 Å². The summed E-state index contributed by atoms with van der Waals surface area (Å²) >= 11 is 0. The monoisotopic (exact) mass is 339 g/mol. The largest absolute Gasteiger partial charge is 0.482 e. The molecule has 3 rings (SSSR count). The molecule has 25 heavy (non-hydrogen) atoms. The smallest absolute Gasteiger partial charge is 0.265 e. The van der Waals surface area contributed by atoms with Crippen LogP contribution in [-0.4, -0.2) is 37.9 Å². The van der Waals surface area contributed by atoms with Gasteiger partial charge in [0.2, 0.25) is 5.91 Å². The van der Waals surface area contributed by atoms with Gasteiger partial charge in [0, 0.05) is 18.3 Å². The van der Waals surface area contributed by atoms with Crippen molar-refractivity contribution >= 4 is 29.1 Å². The molecule has 0 aliphatic carbocycles. The van der Waals surface area contributed by atoms with Gasteiger partial charge in [0.25, 0.3) is 11.8 Å². The lowest BCUT2D eigenvalue weighted by molar-refractivity contribution is -0.123. The summed E-state index contributed by atoms with van der Waals surface area (Å²) in [6.07, 6.45) is 0. The second-order valence-corrected chi connectivity index (χ2v) is 5.44. The number of nitrogens with one attached hydrogen (secondary N) is 2. The normalized spacial score (nSPS) is 12.8. The van der Waals surface area contributed by atoms with E-state index in [4.69, 9.17) is 4.74 Å². The number of rotatable bonds is 4. The molecule has 0 bridgehead atoms. The van der Waals surface area contributed by atoms with E-state index in [0.29, 0.717) is 22.7 Å². The van der Waals surface area contributed by atoms with Crippen LogP contribution in [0.15, 0.2) is 48.5 Å². The number of carbonyl (C=O) groups excluding carboxylic acids is 3. The molecule has 0 fully saturated rings. The highest BCUT2D eigenvalue weighted by Crippen LogP contribution is 2.31. The second kappa shape index (κ2) is 7.04. The van der Waals surface area contributed by atoms with Crippen molar-refractivity contribution in [1.82, 2.24) is 5.32 Å². The van der Waals surface area contributed by atoms with Crippen LogP contribution >= 0.6 is 0 Å². The van der Waals surface area contributed by atoms with E-state index in [0.717, 1.165) is 0 Å². The Morgan fingerprint density at radius 3 is 2.56 bits per heavy atom. The summed E-state index contributed by atoms with van der Waals surface area (Å²) in [5, 5.41) is 5.25. The summed E-state index contributed by atoms with van der Waals surface area (Å²) in [7, 11) is 1.55. The SMILES string of the molecule is CNC(=O)c1ccc(NC(=O)CN2C(=O)COc3ccccc32)cc1. The molecule has 128 valence electrons. The number of carbonyl (C=O) groups is 3. The van der Waals surface area contributed by atoms with Crippen molar-refractivity contribution < 1.29 is 19.1 Å².